The highest BCUT2D eigenvalue weighted by Gasteiger charge is 2.01. The van der Waals surface area contributed by atoms with Crippen molar-refractivity contribution < 1.29 is 33.2 Å². The van der Waals surface area contributed by atoms with E-state index in [0.29, 0.717) is 66.1 Å². The first kappa shape index (κ1) is 31.4. The summed E-state index contributed by atoms with van der Waals surface area (Å²) in [5.41, 5.74) is 1.38. The van der Waals surface area contributed by atoms with Crippen molar-refractivity contribution in [3.05, 3.63) is 29.8 Å². The van der Waals surface area contributed by atoms with Crippen LogP contribution < -0.4 is 4.74 Å². The van der Waals surface area contributed by atoms with Crippen molar-refractivity contribution in [2.45, 2.75) is 71.6 Å². The average Bonchev–Trinajstić information content (AvgIpc) is 2.87. The average molecular weight is 497 g/mol. The van der Waals surface area contributed by atoms with Crippen LogP contribution in [0.3, 0.4) is 0 Å². The van der Waals surface area contributed by atoms with E-state index in [9.17, 15) is 4.79 Å². The molecule has 0 atom stereocenters. The Morgan fingerprint density at radius 3 is 1.71 bits per heavy atom. The Balaban J connectivity index is 1.84. The molecule has 0 saturated heterocycles. The predicted octanol–water partition coefficient (Wildman–Crippen LogP) is 5.38. The molecule has 7 nitrogen and oxygen atoms in total. The molecule has 0 radical (unpaired) electrons. The van der Waals surface area contributed by atoms with E-state index in [1.807, 2.05) is 12.1 Å². The summed E-state index contributed by atoms with van der Waals surface area (Å²) in [6, 6.07) is 8.42. The highest BCUT2D eigenvalue weighted by atomic mass is 16.6. The summed E-state index contributed by atoms with van der Waals surface area (Å²) < 4.78 is 32.3. The van der Waals surface area contributed by atoms with Crippen molar-refractivity contribution in [1.29, 1.82) is 0 Å². The molecule has 0 spiro atoms. The third-order valence-corrected chi connectivity index (χ3v) is 5.36. The zero-order valence-electron chi connectivity index (χ0n) is 22.1. The van der Waals surface area contributed by atoms with Crippen LogP contribution in [0, 0.1) is 0 Å². The summed E-state index contributed by atoms with van der Waals surface area (Å²) in [5, 5.41) is 0. The zero-order chi connectivity index (χ0) is 25.2. The summed E-state index contributed by atoms with van der Waals surface area (Å²) in [6.07, 6.45) is 10.8. The van der Waals surface area contributed by atoms with Crippen molar-refractivity contribution >= 4 is 5.97 Å². The summed E-state index contributed by atoms with van der Waals surface area (Å²) in [4.78, 5) is 11.1. The molecular weight excluding hydrogens is 448 g/mol. The number of rotatable bonds is 25. The van der Waals surface area contributed by atoms with Gasteiger partial charge in [0, 0.05) is 0 Å². The fraction of sp³-hybridized carbons (Fsp3) is 0.750. The number of ether oxygens (including phenoxy) is 6. The van der Waals surface area contributed by atoms with Gasteiger partial charge in [-0.05, 0) is 37.5 Å². The van der Waals surface area contributed by atoms with Crippen molar-refractivity contribution in [3.63, 3.8) is 0 Å². The Bertz CT molecular complexity index is 591. The Kier molecular flexibility index (Phi) is 21.5. The Morgan fingerprint density at radius 2 is 1.14 bits per heavy atom. The molecule has 1 aromatic carbocycles. The maximum atomic E-state index is 11.1. The van der Waals surface area contributed by atoms with Gasteiger partial charge < -0.3 is 28.4 Å². The van der Waals surface area contributed by atoms with Crippen molar-refractivity contribution in [2.24, 2.45) is 0 Å². The number of carbonyl (C=O) groups is 1. The van der Waals surface area contributed by atoms with E-state index in [2.05, 4.69) is 19.1 Å². The van der Waals surface area contributed by atoms with Crippen LogP contribution in [-0.2, 0) is 34.9 Å². The van der Waals surface area contributed by atoms with Crippen molar-refractivity contribution in [1.82, 2.24) is 0 Å². The molecule has 0 saturated carbocycles. The van der Waals surface area contributed by atoms with E-state index in [-0.39, 0.29) is 12.4 Å². The number of hydrogen-bond donors (Lipinski definition) is 0. The van der Waals surface area contributed by atoms with Crippen LogP contribution in [0.1, 0.15) is 70.8 Å². The maximum absolute atomic E-state index is 11.1. The van der Waals surface area contributed by atoms with Gasteiger partial charge in [0.25, 0.3) is 0 Å². The van der Waals surface area contributed by atoms with Gasteiger partial charge in [0.1, 0.15) is 12.4 Å². The molecular formula is C28H48O7. The molecule has 35 heavy (non-hydrogen) atoms. The number of esters is 1. The fourth-order valence-electron chi connectivity index (χ4n) is 3.41. The molecule has 202 valence electrons. The van der Waals surface area contributed by atoms with Gasteiger partial charge >= 0.3 is 5.97 Å². The van der Waals surface area contributed by atoms with E-state index >= 15 is 0 Å². The Hall–Kier alpha value is -1.67. The minimum absolute atomic E-state index is 0.237. The molecule has 0 aliphatic carbocycles. The zero-order valence-corrected chi connectivity index (χ0v) is 22.1. The number of benzene rings is 1. The normalized spacial score (nSPS) is 11.0. The highest BCUT2D eigenvalue weighted by Crippen LogP contribution is 2.15. The summed E-state index contributed by atoms with van der Waals surface area (Å²) in [5.74, 6) is 0.647. The number of unbranched alkanes of at least 4 members (excludes halogenated alkanes) is 6. The van der Waals surface area contributed by atoms with E-state index in [4.69, 9.17) is 28.4 Å². The predicted molar refractivity (Wildman–Crippen MR) is 138 cm³/mol. The van der Waals surface area contributed by atoms with Crippen LogP contribution in [0.25, 0.3) is 0 Å². The first-order valence-electron chi connectivity index (χ1n) is 13.4. The minimum Gasteiger partial charge on any atom is -0.491 e. The van der Waals surface area contributed by atoms with Crippen molar-refractivity contribution in [2.75, 3.05) is 66.1 Å². The standard InChI is InChI=1S/C28H48O7/c1-3-5-6-7-8-9-10-11-26-12-14-27(15-13-26)35-25-24-33-23-22-32-21-20-31-19-18-30-17-16-28(29)34-4-2/h12-15H,3-11,16-25H2,1-2H3. The van der Waals surface area contributed by atoms with Crippen molar-refractivity contribution in [3.8, 4) is 5.75 Å². The molecule has 0 aliphatic rings. The van der Waals surface area contributed by atoms with Gasteiger partial charge in [-0.2, -0.15) is 0 Å². The quantitative estimate of drug-likeness (QED) is 0.133. The molecule has 0 aliphatic heterocycles. The molecule has 0 fully saturated rings. The molecule has 0 heterocycles. The fourth-order valence-corrected chi connectivity index (χ4v) is 3.41. The van der Waals surface area contributed by atoms with Crippen LogP contribution in [0.15, 0.2) is 24.3 Å². The SMILES string of the molecule is CCCCCCCCCc1ccc(OCCOCCOCCOCCOCCC(=O)OCC)cc1. The monoisotopic (exact) mass is 496 g/mol. The minimum atomic E-state index is -0.237. The molecule has 0 amide bonds. The summed E-state index contributed by atoms with van der Waals surface area (Å²) >= 11 is 0. The van der Waals surface area contributed by atoms with Crippen LogP contribution in [0.5, 0.6) is 5.75 Å². The number of hydrogen-bond acceptors (Lipinski definition) is 7. The van der Waals surface area contributed by atoms with E-state index in [0.717, 1.165) is 12.2 Å². The second-order valence-electron chi connectivity index (χ2n) is 8.37. The van der Waals surface area contributed by atoms with Gasteiger partial charge in [0.05, 0.1) is 65.9 Å². The Labute approximate surface area is 212 Å². The lowest BCUT2D eigenvalue weighted by molar-refractivity contribution is -0.144. The largest absolute Gasteiger partial charge is 0.491 e. The number of aryl methyl sites for hydroxylation is 1. The Morgan fingerprint density at radius 1 is 0.629 bits per heavy atom. The van der Waals surface area contributed by atoms with Gasteiger partial charge in [-0.1, -0.05) is 57.6 Å². The van der Waals surface area contributed by atoms with Gasteiger partial charge in [0.15, 0.2) is 0 Å². The third kappa shape index (κ3) is 20.2. The van der Waals surface area contributed by atoms with E-state index in [1.54, 1.807) is 6.92 Å². The first-order valence-corrected chi connectivity index (χ1v) is 13.4. The second-order valence-corrected chi connectivity index (χ2v) is 8.37. The lowest BCUT2D eigenvalue weighted by Gasteiger charge is -2.09. The van der Waals surface area contributed by atoms with Crippen LogP contribution in [0.4, 0.5) is 0 Å². The molecule has 1 rings (SSSR count). The lowest BCUT2D eigenvalue weighted by atomic mass is 10.0. The topological polar surface area (TPSA) is 72.5 Å². The second kappa shape index (κ2) is 24.0. The lowest BCUT2D eigenvalue weighted by Crippen LogP contribution is -2.14. The maximum Gasteiger partial charge on any atom is 0.308 e. The van der Waals surface area contributed by atoms with Crippen LogP contribution >= 0.6 is 0 Å². The summed E-state index contributed by atoms with van der Waals surface area (Å²) in [7, 11) is 0. The molecule has 0 N–H and O–H groups in total. The molecule has 0 unspecified atom stereocenters. The van der Waals surface area contributed by atoms with E-state index < -0.39 is 0 Å². The smallest absolute Gasteiger partial charge is 0.308 e. The highest BCUT2D eigenvalue weighted by molar-refractivity contribution is 5.69. The molecule has 0 bridgehead atoms. The van der Waals surface area contributed by atoms with Gasteiger partial charge in [-0.25, -0.2) is 0 Å². The summed E-state index contributed by atoms with van der Waals surface area (Å²) in [6.45, 7) is 8.82. The first-order chi connectivity index (χ1) is 17.3. The van der Waals surface area contributed by atoms with Gasteiger partial charge in [-0.15, -0.1) is 0 Å². The van der Waals surface area contributed by atoms with Gasteiger partial charge in [-0.3, -0.25) is 4.79 Å². The van der Waals surface area contributed by atoms with Crippen LogP contribution in [0.2, 0.25) is 0 Å². The molecule has 0 aromatic heterocycles. The molecule has 1 aromatic rings. The van der Waals surface area contributed by atoms with E-state index in [1.165, 1.54) is 50.5 Å². The number of carbonyl (C=O) groups excluding carboxylic acids is 1. The third-order valence-electron chi connectivity index (χ3n) is 5.36. The molecule has 7 heteroatoms. The van der Waals surface area contributed by atoms with Gasteiger partial charge in [0.2, 0.25) is 0 Å². The van der Waals surface area contributed by atoms with Crippen LogP contribution in [-0.4, -0.2) is 72.0 Å².